The van der Waals surface area contributed by atoms with Crippen LogP contribution in [0.1, 0.15) is 34.0 Å². The smallest absolute Gasteiger partial charge is 0.261 e. The van der Waals surface area contributed by atoms with Crippen molar-refractivity contribution in [2.75, 3.05) is 34.3 Å². The number of amides is 1. The third kappa shape index (κ3) is 4.80. The Kier molecular flexibility index (Phi) is 6.70. The molecule has 11 nitrogen and oxygen atoms in total. The highest BCUT2D eigenvalue weighted by Gasteiger charge is 2.35. The Balaban J connectivity index is 1.21. The first-order valence-corrected chi connectivity index (χ1v) is 14.8. The summed E-state index contributed by atoms with van der Waals surface area (Å²) in [6.07, 6.45) is 6.59. The fraction of sp³-hybridized carbons (Fsp3) is 0.241. The number of hydrogen-bond donors (Lipinski definition) is 0. The lowest BCUT2D eigenvalue weighted by Gasteiger charge is -2.22. The molecule has 5 heterocycles. The quantitative estimate of drug-likeness (QED) is 0.244. The molecule has 41 heavy (non-hydrogen) atoms. The first-order valence-electron chi connectivity index (χ1n) is 13.2. The average Bonchev–Trinajstić information content (AvgIpc) is 3.19. The maximum absolute atomic E-state index is 13.4. The van der Waals surface area contributed by atoms with E-state index in [1.165, 1.54) is 16.7 Å². The van der Waals surface area contributed by atoms with Gasteiger partial charge >= 0.3 is 0 Å². The summed E-state index contributed by atoms with van der Waals surface area (Å²) in [6, 6.07) is 14.0. The van der Waals surface area contributed by atoms with Crippen LogP contribution < -0.4 is 23.6 Å². The maximum Gasteiger partial charge on any atom is 0.261 e. The van der Waals surface area contributed by atoms with Crippen LogP contribution in [0.25, 0.3) is 0 Å². The Morgan fingerprint density at radius 3 is 2.59 bits per heavy atom. The maximum atomic E-state index is 13.4. The second kappa shape index (κ2) is 10.4. The molecule has 0 aliphatic carbocycles. The summed E-state index contributed by atoms with van der Waals surface area (Å²) in [5.74, 6) is 1.39. The van der Waals surface area contributed by atoms with E-state index in [1.54, 1.807) is 60.7 Å². The summed E-state index contributed by atoms with van der Waals surface area (Å²) in [6.45, 7) is 2.97. The molecule has 0 bridgehead atoms. The van der Waals surface area contributed by atoms with Gasteiger partial charge in [0.2, 0.25) is 10.0 Å². The molecule has 2 aliphatic heterocycles. The van der Waals surface area contributed by atoms with Crippen LogP contribution in [-0.4, -0.2) is 44.5 Å². The van der Waals surface area contributed by atoms with Gasteiger partial charge in [-0.15, -0.1) is 0 Å². The van der Waals surface area contributed by atoms with Crippen LogP contribution in [0.4, 0.5) is 23.0 Å². The number of carbonyl (C=O) groups is 1. The second-order valence-electron chi connectivity index (χ2n) is 9.85. The minimum atomic E-state index is -3.60. The van der Waals surface area contributed by atoms with E-state index in [9.17, 15) is 18.4 Å². The number of anilines is 4. The SMILES string of the molecule is CCN1c2ncc(CCOc3cccc4c3CS(=O)(=O)N4Cc3cc[n+]([O-])cc3)cc2C(=O)N(C)c2cccnc21. The molecule has 0 atom stereocenters. The van der Waals surface area contributed by atoms with Gasteiger partial charge in [-0.1, -0.05) is 6.07 Å². The third-order valence-electron chi connectivity index (χ3n) is 7.30. The van der Waals surface area contributed by atoms with Crippen LogP contribution in [0.5, 0.6) is 5.75 Å². The summed E-state index contributed by atoms with van der Waals surface area (Å²) in [5, 5.41) is 11.4. The van der Waals surface area contributed by atoms with Crippen molar-refractivity contribution in [3.8, 4) is 5.75 Å². The highest BCUT2D eigenvalue weighted by atomic mass is 32.2. The number of pyridine rings is 3. The number of rotatable bonds is 7. The zero-order valence-corrected chi connectivity index (χ0v) is 23.4. The zero-order valence-electron chi connectivity index (χ0n) is 22.6. The number of aromatic nitrogens is 3. The van der Waals surface area contributed by atoms with Crippen molar-refractivity contribution in [2.24, 2.45) is 0 Å². The van der Waals surface area contributed by atoms with E-state index in [0.717, 1.165) is 5.56 Å². The molecule has 0 fully saturated rings. The summed E-state index contributed by atoms with van der Waals surface area (Å²) in [5.41, 5.74) is 3.89. The van der Waals surface area contributed by atoms with Crippen molar-refractivity contribution < 1.29 is 22.7 Å². The van der Waals surface area contributed by atoms with E-state index >= 15 is 0 Å². The number of ether oxygens (including phenoxy) is 1. The van der Waals surface area contributed by atoms with Crippen molar-refractivity contribution >= 4 is 38.9 Å². The molecular weight excluding hydrogens is 544 g/mol. The number of hydrogen-bond acceptors (Lipinski definition) is 8. The normalized spacial score (nSPS) is 15.3. The number of carbonyl (C=O) groups excluding carboxylic acids is 1. The van der Waals surface area contributed by atoms with Crippen LogP contribution in [0.2, 0.25) is 0 Å². The van der Waals surface area contributed by atoms with Crippen molar-refractivity contribution in [1.82, 2.24) is 9.97 Å². The average molecular weight is 573 g/mol. The van der Waals surface area contributed by atoms with Gasteiger partial charge in [0.25, 0.3) is 5.91 Å². The van der Waals surface area contributed by atoms with Gasteiger partial charge in [-0.05, 0) is 48.4 Å². The molecule has 0 saturated heterocycles. The van der Waals surface area contributed by atoms with Gasteiger partial charge in [0.15, 0.2) is 18.2 Å². The fourth-order valence-corrected chi connectivity index (χ4v) is 6.84. The predicted octanol–water partition coefficient (Wildman–Crippen LogP) is 3.33. The van der Waals surface area contributed by atoms with E-state index in [1.807, 2.05) is 24.0 Å². The molecule has 12 heteroatoms. The molecule has 1 aromatic carbocycles. The molecule has 210 valence electrons. The number of nitrogens with zero attached hydrogens (tertiary/aromatic N) is 6. The van der Waals surface area contributed by atoms with Gasteiger partial charge in [0, 0.05) is 50.1 Å². The largest absolute Gasteiger partial charge is 0.619 e. The molecule has 0 unspecified atom stereocenters. The molecule has 0 N–H and O–H groups in total. The van der Waals surface area contributed by atoms with Crippen LogP contribution in [0.15, 0.2) is 73.3 Å². The topological polar surface area (TPSA) is 123 Å². The van der Waals surface area contributed by atoms with E-state index in [4.69, 9.17) is 4.74 Å². The minimum Gasteiger partial charge on any atom is -0.619 e. The van der Waals surface area contributed by atoms with Crippen LogP contribution in [-0.2, 0) is 28.7 Å². The molecule has 0 spiro atoms. The highest BCUT2D eigenvalue weighted by molar-refractivity contribution is 7.92. The van der Waals surface area contributed by atoms with E-state index < -0.39 is 10.0 Å². The van der Waals surface area contributed by atoms with Crippen LogP contribution in [0, 0.1) is 5.21 Å². The second-order valence-corrected chi connectivity index (χ2v) is 11.7. The number of fused-ring (bicyclic) bond motifs is 3. The van der Waals surface area contributed by atoms with E-state index in [2.05, 4.69) is 9.97 Å². The summed E-state index contributed by atoms with van der Waals surface area (Å²) < 4.78 is 34.2. The summed E-state index contributed by atoms with van der Waals surface area (Å²) >= 11 is 0. The molecule has 6 rings (SSSR count). The first-order chi connectivity index (χ1) is 19.8. The Hall–Kier alpha value is -4.71. The predicted molar refractivity (Wildman–Crippen MR) is 154 cm³/mol. The van der Waals surface area contributed by atoms with E-state index in [0.29, 0.717) is 63.1 Å². The van der Waals surface area contributed by atoms with Gasteiger partial charge in [-0.25, -0.2) is 18.4 Å². The van der Waals surface area contributed by atoms with Crippen LogP contribution >= 0.6 is 0 Å². The first kappa shape index (κ1) is 26.5. The monoisotopic (exact) mass is 572 g/mol. The van der Waals surface area contributed by atoms with Crippen molar-refractivity contribution in [3.63, 3.8) is 0 Å². The third-order valence-corrected chi connectivity index (χ3v) is 8.95. The fourth-order valence-electron chi connectivity index (χ4n) is 5.21. The lowest BCUT2D eigenvalue weighted by molar-refractivity contribution is -0.605. The molecular formula is C29H28N6O5S. The van der Waals surface area contributed by atoms with Crippen molar-refractivity contribution in [2.45, 2.75) is 25.6 Å². The Labute approximate surface area is 237 Å². The van der Waals surface area contributed by atoms with Crippen LogP contribution in [0.3, 0.4) is 0 Å². The summed E-state index contributed by atoms with van der Waals surface area (Å²) in [4.78, 5) is 26.1. The summed E-state index contributed by atoms with van der Waals surface area (Å²) in [7, 11) is -1.87. The molecule has 0 radical (unpaired) electrons. The van der Waals surface area contributed by atoms with Gasteiger partial charge in [-0.2, -0.15) is 4.73 Å². The number of sulfonamides is 1. The molecule has 1 amide bonds. The Morgan fingerprint density at radius 1 is 1.02 bits per heavy atom. The lowest BCUT2D eigenvalue weighted by Crippen LogP contribution is -2.28. The van der Waals surface area contributed by atoms with Crippen molar-refractivity contribution in [1.29, 1.82) is 0 Å². The minimum absolute atomic E-state index is 0.122. The van der Waals surface area contributed by atoms with Gasteiger partial charge in [0.1, 0.15) is 17.3 Å². The van der Waals surface area contributed by atoms with Crippen molar-refractivity contribution in [3.05, 3.63) is 101 Å². The number of benzene rings is 1. The molecule has 0 saturated carbocycles. The zero-order chi connectivity index (χ0) is 28.7. The van der Waals surface area contributed by atoms with E-state index in [-0.39, 0.29) is 24.8 Å². The van der Waals surface area contributed by atoms with Gasteiger partial charge in [-0.3, -0.25) is 9.10 Å². The molecule has 3 aromatic heterocycles. The standard InChI is InChI=1S/C29H28N6O5S/c1-3-34-27-22(29(36)32(2)25-7-5-12-30-28(25)34)16-21(17-31-27)11-15-40-26-8-4-6-24-23(26)19-41(38,39)35(24)18-20-9-13-33(37)14-10-20/h4-10,12-14,16-17H,3,11,15,18-19H2,1-2H3. The highest BCUT2D eigenvalue weighted by Crippen LogP contribution is 2.40. The molecule has 2 aliphatic rings. The molecule has 4 aromatic rings. The van der Waals surface area contributed by atoms with Gasteiger partial charge < -0.3 is 19.7 Å². The Bertz CT molecular complexity index is 1750. The Morgan fingerprint density at radius 2 is 1.80 bits per heavy atom. The van der Waals surface area contributed by atoms with Gasteiger partial charge in [0.05, 0.1) is 30.1 Å². The lowest BCUT2D eigenvalue weighted by atomic mass is 10.1.